The Labute approximate surface area is 197 Å². The largest absolute Gasteiger partial charge is 0.355 e. The van der Waals surface area contributed by atoms with E-state index >= 15 is 0 Å². The fourth-order valence-corrected chi connectivity index (χ4v) is 5.52. The molecule has 2 N–H and O–H groups in total. The zero-order chi connectivity index (χ0) is 19.4. The van der Waals surface area contributed by atoms with Crippen LogP contribution >= 0.6 is 47.1 Å². The second kappa shape index (κ2) is 10.2. The molecule has 156 valence electrons. The number of guanidine groups is 1. The van der Waals surface area contributed by atoms with Crippen LogP contribution in [0.2, 0.25) is 0 Å². The van der Waals surface area contributed by atoms with Crippen molar-refractivity contribution >= 4 is 58.9 Å². The Morgan fingerprint density at radius 3 is 2.76 bits per heavy atom. The summed E-state index contributed by atoms with van der Waals surface area (Å²) >= 11 is 3.72. The SMILES string of the molecule is CN=C(NCC(=O)N1CCc2sccc2C1)NCC1(Sc2ccccc2)CC1.I. The molecular formula is C21H27IN4OS2. The first-order valence-corrected chi connectivity index (χ1v) is 11.4. The highest BCUT2D eigenvalue weighted by Crippen LogP contribution is 2.51. The first-order chi connectivity index (χ1) is 13.7. The molecule has 0 bridgehead atoms. The van der Waals surface area contributed by atoms with E-state index in [-0.39, 0.29) is 41.2 Å². The predicted molar refractivity (Wildman–Crippen MR) is 132 cm³/mol. The number of halogens is 1. The van der Waals surface area contributed by atoms with Crippen LogP contribution in [0, 0.1) is 0 Å². The van der Waals surface area contributed by atoms with E-state index in [0.29, 0.717) is 5.96 Å². The zero-order valence-electron chi connectivity index (χ0n) is 16.5. The number of carbonyl (C=O) groups excluding carboxylic acids is 1. The summed E-state index contributed by atoms with van der Waals surface area (Å²) in [5.41, 5.74) is 1.29. The normalized spacial score (nSPS) is 17.1. The van der Waals surface area contributed by atoms with Crippen LogP contribution in [0.15, 0.2) is 51.7 Å². The van der Waals surface area contributed by atoms with Gasteiger partial charge < -0.3 is 15.5 Å². The second-order valence-electron chi connectivity index (χ2n) is 7.31. The van der Waals surface area contributed by atoms with E-state index in [1.807, 2.05) is 22.7 Å². The summed E-state index contributed by atoms with van der Waals surface area (Å²) in [6, 6.07) is 12.7. The Bertz CT molecular complexity index is 851. The predicted octanol–water partition coefficient (Wildman–Crippen LogP) is 3.74. The maximum absolute atomic E-state index is 12.6. The number of fused-ring (bicyclic) bond motifs is 1. The van der Waals surface area contributed by atoms with Crippen LogP contribution in [0.4, 0.5) is 0 Å². The number of carbonyl (C=O) groups is 1. The Hall–Kier alpha value is -1.26. The molecule has 0 spiro atoms. The molecule has 29 heavy (non-hydrogen) atoms. The van der Waals surface area contributed by atoms with E-state index in [9.17, 15) is 4.79 Å². The summed E-state index contributed by atoms with van der Waals surface area (Å²) in [5, 5.41) is 8.72. The van der Waals surface area contributed by atoms with E-state index in [0.717, 1.165) is 26.1 Å². The van der Waals surface area contributed by atoms with Crippen molar-refractivity contribution in [2.45, 2.75) is 35.4 Å². The summed E-state index contributed by atoms with van der Waals surface area (Å²) in [6.07, 6.45) is 3.36. The van der Waals surface area contributed by atoms with E-state index < -0.39 is 0 Å². The molecule has 1 aromatic heterocycles. The van der Waals surface area contributed by atoms with Gasteiger partial charge in [0.1, 0.15) is 0 Å². The van der Waals surface area contributed by atoms with Crippen molar-refractivity contribution < 1.29 is 4.79 Å². The molecule has 8 heteroatoms. The van der Waals surface area contributed by atoms with Crippen LogP contribution in [-0.2, 0) is 17.8 Å². The maximum atomic E-state index is 12.6. The van der Waals surface area contributed by atoms with Gasteiger partial charge in [-0.05, 0) is 48.4 Å². The van der Waals surface area contributed by atoms with Crippen molar-refractivity contribution in [3.05, 3.63) is 52.2 Å². The highest BCUT2D eigenvalue weighted by Gasteiger charge is 2.43. The van der Waals surface area contributed by atoms with Gasteiger partial charge in [-0.1, -0.05) is 18.2 Å². The highest BCUT2D eigenvalue weighted by molar-refractivity contribution is 14.0. The fraction of sp³-hybridized carbons (Fsp3) is 0.429. The number of nitrogens with one attached hydrogen (secondary N) is 2. The van der Waals surface area contributed by atoms with Crippen molar-refractivity contribution in [2.24, 2.45) is 4.99 Å². The van der Waals surface area contributed by atoms with Crippen LogP contribution in [0.3, 0.4) is 0 Å². The molecule has 0 saturated heterocycles. The van der Waals surface area contributed by atoms with Gasteiger partial charge in [-0.15, -0.1) is 47.1 Å². The minimum Gasteiger partial charge on any atom is -0.355 e. The molecule has 1 fully saturated rings. The molecule has 0 atom stereocenters. The number of thioether (sulfide) groups is 1. The number of amides is 1. The standard InChI is InChI=1S/C21H26N4OS2.HI/c1-22-20(24-15-21(9-10-21)28-17-5-3-2-4-6-17)23-13-19(26)25-11-7-18-16(14-25)8-12-27-18;/h2-6,8,12H,7,9-11,13-15H2,1H3,(H2,22,23,24);1H. The molecule has 2 aromatic rings. The summed E-state index contributed by atoms with van der Waals surface area (Å²) in [7, 11) is 1.75. The Morgan fingerprint density at radius 2 is 2.03 bits per heavy atom. The number of benzene rings is 1. The molecule has 4 rings (SSSR count). The third kappa shape index (κ3) is 5.88. The van der Waals surface area contributed by atoms with Crippen LogP contribution in [-0.4, -0.2) is 48.2 Å². The number of thiophene rings is 1. The average Bonchev–Trinajstić information content (AvgIpc) is 3.32. The number of nitrogens with zero attached hydrogens (tertiary/aromatic N) is 2. The molecule has 0 unspecified atom stereocenters. The summed E-state index contributed by atoms with van der Waals surface area (Å²) < 4.78 is 0.241. The number of hydrogen-bond acceptors (Lipinski definition) is 4. The van der Waals surface area contributed by atoms with Gasteiger partial charge in [0.15, 0.2) is 5.96 Å². The highest BCUT2D eigenvalue weighted by atomic mass is 127. The van der Waals surface area contributed by atoms with E-state index in [1.54, 1.807) is 18.4 Å². The van der Waals surface area contributed by atoms with E-state index in [4.69, 9.17) is 0 Å². The summed E-state index contributed by atoms with van der Waals surface area (Å²) in [6.45, 7) is 2.65. The molecule has 1 aliphatic heterocycles. The molecular weight excluding hydrogens is 515 g/mol. The molecule has 0 radical (unpaired) electrons. The molecule has 1 amide bonds. The lowest BCUT2D eigenvalue weighted by Gasteiger charge is -2.27. The topological polar surface area (TPSA) is 56.7 Å². The van der Waals surface area contributed by atoms with Gasteiger partial charge in [-0.25, -0.2) is 0 Å². The molecule has 1 aromatic carbocycles. The van der Waals surface area contributed by atoms with Crippen LogP contribution in [0.1, 0.15) is 23.3 Å². The average molecular weight is 543 g/mol. The lowest BCUT2D eigenvalue weighted by Crippen LogP contribution is -2.47. The molecule has 5 nitrogen and oxygen atoms in total. The van der Waals surface area contributed by atoms with Crippen molar-refractivity contribution in [1.29, 1.82) is 0 Å². The van der Waals surface area contributed by atoms with Crippen molar-refractivity contribution in [3.8, 4) is 0 Å². The third-order valence-corrected chi connectivity index (χ3v) is 7.77. The Kier molecular flexibility index (Phi) is 7.86. The zero-order valence-corrected chi connectivity index (χ0v) is 20.5. The fourth-order valence-electron chi connectivity index (χ4n) is 3.39. The van der Waals surface area contributed by atoms with Crippen LogP contribution < -0.4 is 10.6 Å². The lowest BCUT2D eigenvalue weighted by atomic mass is 10.1. The van der Waals surface area contributed by atoms with Crippen molar-refractivity contribution in [1.82, 2.24) is 15.5 Å². The number of aliphatic imine (C=N–C) groups is 1. The number of hydrogen-bond donors (Lipinski definition) is 2. The van der Waals surface area contributed by atoms with Crippen molar-refractivity contribution in [3.63, 3.8) is 0 Å². The minimum atomic E-state index is 0. The van der Waals surface area contributed by atoms with E-state index in [1.165, 1.54) is 28.2 Å². The molecule has 2 heterocycles. The quantitative estimate of drug-likeness (QED) is 0.332. The monoisotopic (exact) mass is 542 g/mol. The summed E-state index contributed by atoms with van der Waals surface area (Å²) in [5.74, 6) is 0.820. The Morgan fingerprint density at radius 1 is 1.24 bits per heavy atom. The van der Waals surface area contributed by atoms with Gasteiger partial charge in [0, 0.05) is 41.2 Å². The van der Waals surface area contributed by atoms with Gasteiger partial charge in [-0.3, -0.25) is 9.79 Å². The van der Waals surface area contributed by atoms with Gasteiger partial charge in [-0.2, -0.15) is 0 Å². The molecule has 1 saturated carbocycles. The smallest absolute Gasteiger partial charge is 0.242 e. The van der Waals surface area contributed by atoms with Gasteiger partial charge in [0.25, 0.3) is 0 Å². The van der Waals surface area contributed by atoms with Crippen LogP contribution in [0.25, 0.3) is 0 Å². The summed E-state index contributed by atoms with van der Waals surface area (Å²) in [4.78, 5) is 21.5. The number of rotatable bonds is 6. The molecule has 1 aliphatic carbocycles. The molecule has 2 aliphatic rings. The van der Waals surface area contributed by atoms with Crippen LogP contribution in [0.5, 0.6) is 0 Å². The first-order valence-electron chi connectivity index (χ1n) is 9.69. The van der Waals surface area contributed by atoms with Gasteiger partial charge in [0.05, 0.1) is 6.54 Å². The third-order valence-electron chi connectivity index (χ3n) is 5.25. The van der Waals surface area contributed by atoms with Gasteiger partial charge >= 0.3 is 0 Å². The van der Waals surface area contributed by atoms with E-state index in [2.05, 4.69) is 51.3 Å². The van der Waals surface area contributed by atoms with Gasteiger partial charge in [0.2, 0.25) is 5.91 Å². The maximum Gasteiger partial charge on any atom is 0.242 e. The minimum absolute atomic E-state index is 0. The second-order valence-corrected chi connectivity index (χ2v) is 9.85. The Balaban J connectivity index is 0.00000240. The first kappa shape index (κ1) is 22.4. The lowest BCUT2D eigenvalue weighted by molar-refractivity contribution is -0.130. The van der Waals surface area contributed by atoms with Crippen molar-refractivity contribution in [2.75, 3.05) is 26.7 Å².